The molecule has 2 N–H and O–H groups in total. The zero-order valence-corrected chi connectivity index (χ0v) is 16.8. The van der Waals surface area contributed by atoms with E-state index in [0.29, 0.717) is 17.4 Å². The number of benzene rings is 1. The van der Waals surface area contributed by atoms with E-state index in [9.17, 15) is 9.59 Å². The van der Waals surface area contributed by atoms with Gasteiger partial charge in [0.2, 0.25) is 5.91 Å². The molecule has 1 aromatic carbocycles. The first-order chi connectivity index (χ1) is 13.6. The smallest absolute Gasteiger partial charge is 0.273 e. The van der Waals surface area contributed by atoms with Crippen LogP contribution in [0.2, 0.25) is 0 Å². The molecule has 0 saturated carbocycles. The van der Waals surface area contributed by atoms with E-state index in [0.717, 1.165) is 25.1 Å². The number of thiazole rings is 1. The maximum atomic E-state index is 12.5. The molecule has 1 fully saturated rings. The zero-order chi connectivity index (χ0) is 19.9. The maximum absolute atomic E-state index is 12.5. The standard InChI is InChI=1S/C19H24N4O4S/c1-23(11-17(24)20-10-13-6-5-9-27-13)18(25)15-12-28-19(22-15)21-14-7-3-4-8-16(14)26-2/h3-4,7-8,12-13H,5-6,9-11H2,1-2H3,(H,20,24)(H,21,22). The number of likely N-dealkylation sites (N-methyl/N-ethyl adjacent to an activating group) is 1. The number of ether oxygens (including phenoxy) is 2. The van der Waals surface area contributed by atoms with Crippen LogP contribution in [0.5, 0.6) is 5.75 Å². The Kier molecular flexibility index (Phi) is 6.83. The van der Waals surface area contributed by atoms with Gasteiger partial charge in [0, 0.05) is 25.6 Å². The van der Waals surface area contributed by atoms with E-state index in [1.165, 1.54) is 16.2 Å². The van der Waals surface area contributed by atoms with E-state index in [-0.39, 0.29) is 30.2 Å². The zero-order valence-electron chi connectivity index (χ0n) is 15.9. The molecule has 8 nitrogen and oxygen atoms in total. The first-order valence-corrected chi connectivity index (χ1v) is 9.94. The quantitative estimate of drug-likeness (QED) is 0.701. The minimum atomic E-state index is -0.309. The second-order valence-electron chi connectivity index (χ2n) is 6.46. The number of para-hydroxylation sites is 2. The fraction of sp³-hybridized carbons (Fsp3) is 0.421. The topological polar surface area (TPSA) is 92.8 Å². The predicted octanol–water partition coefficient (Wildman–Crippen LogP) is 2.26. The van der Waals surface area contributed by atoms with Gasteiger partial charge >= 0.3 is 0 Å². The molecule has 2 heterocycles. The van der Waals surface area contributed by atoms with Crippen LogP contribution in [0.1, 0.15) is 23.3 Å². The molecule has 0 spiro atoms. The number of nitrogens with one attached hydrogen (secondary N) is 2. The van der Waals surface area contributed by atoms with Crippen molar-refractivity contribution in [2.24, 2.45) is 0 Å². The molecule has 1 aromatic heterocycles. The molecule has 0 radical (unpaired) electrons. The monoisotopic (exact) mass is 404 g/mol. The summed E-state index contributed by atoms with van der Waals surface area (Å²) in [4.78, 5) is 30.3. The highest BCUT2D eigenvalue weighted by molar-refractivity contribution is 7.14. The Morgan fingerprint density at radius 1 is 1.39 bits per heavy atom. The van der Waals surface area contributed by atoms with Gasteiger partial charge in [0.25, 0.3) is 5.91 Å². The Labute approximate surface area is 167 Å². The summed E-state index contributed by atoms with van der Waals surface area (Å²) in [7, 11) is 3.18. The van der Waals surface area contributed by atoms with Crippen LogP contribution in [-0.4, -0.2) is 61.7 Å². The maximum Gasteiger partial charge on any atom is 0.273 e. The average molecular weight is 404 g/mol. The van der Waals surface area contributed by atoms with Gasteiger partial charge in [-0.2, -0.15) is 0 Å². The molecular weight excluding hydrogens is 380 g/mol. The molecule has 2 aromatic rings. The third-order valence-corrected chi connectivity index (χ3v) is 5.11. The van der Waals surface area contributed by atoms with Gasteiger partial charge in [-0.15, -0.1) is 11.3 Å². The highest BCUT2D eigenvalue weighted by Crippen LogP contribution is 2.28. The minimum absolute atomic E-state index is 0.0294. The first-order valence-electron chi connectivity index (χ1n) is 9.06. The van der Waals surface area contributed by atoms with Crippen molar-refractivity contribution in [1.82, 2.24) is 15.2 Å². The number of nitrogens with zero attached hydrogens (tertiary/aromatic N) is 2. The average Bonchev–Trinajstić information content (AvgIpc) is 3.38. The number of methoxy groups -OCH3 is 1. The molecule has 1 aliphatic rings. The summed E-state index contributed by atoms with van der Waals surface area (Å²) < 4.78 is 10.8. The van der Waals surface area contributed by atoms with E-state index in [1.54, 1.807) is 19.5 Å². The van der Waals surface area contributed by atoms with Crippen LogP contribution in [0.15, 0.2) is 29.6 Å². The van der Waals surface area contributed by atoms with Crippen molar-refractivity contribution >= 4 is 34.0 Å². The van der Waals surface area contributed by atoms with Crippen molar-refractivity contribution in [3.8, 4) is 5.75 Å². The van der Waals surface area contributed by atoms with E-state index < -0.39 is 0 Å². The molecule has 9 heteroatoms. The fourth-order valence-electron chi connectivity index (χ4n) is 2.86. The molecule has 0 bridgehead atoms. The van der Waals surface area contributed by atoms with Crippen molar-refractivity contribution in [2.75, 3.05) is 39.2 Å². The van der Waals surface area contributed by atoms with Gasteiger partial charge in [-0.05, 0) is 25.0 Å². The lowest BCUT2D eigenvalue weighted by atomic mass is 10.2. The normalized spacial score (nSPS) is 15.9. The van der Waals surface area contributed by atoms with Crippen LogP contribution < -0.4 is 15.4 Å². The summed E-state index contributed by atoms with van der Waals surface area (Å²) in [6.07, 6.45) is 2.05. The molecule has 2 amide bonds. The Morgan fingerprint density at radius 2 is 2.21 bits per heavy atom. The largest absolute Gasteiger partial charge is 0.495 e. The summed E-state index contributed by atoms with van der Waals surface area (Å²) >= 11 is 1.31. The molecule has 1 atom stereocenters. The SMILES string of the molecule is COc1ccccc1Nc1nc(C(=O)N(C)CC(=O)NCC2CCCO2)cs1. The number of carbonyl (C=O) groups is 2. The number of carbonyl (C=O) groups excluding carboxylic acids is 2. The number of anilines is 2. The third kappa shape index (κ3) is 5.20. The second-order valence-corrected chi connectivity index (χ2v) is 7.32. The van der Waals surface area contributed by atoms with Crippen LogP contribution in [0.3, 0.4) is 0 Å². The molecule has 1 aliphatic heterocycles. The summed E-state index contributed by atoms with van der Waals surface area (Å²) in [5, 5.41) is 8.20. The highest BCUT2D eigenvalue weighted by atomic mass is 32.1. The molecule has 1 unspecified atom stereocenters. The fourth-order valence-corrected chi connectivity index (χ4v) is 3.56. The van der Waals surface area contributed by atoms with Crippen LogP contribution in [0.4, 0.5) is 10.8 Å². The van der Waals surface area contributed by atoms with Crippen LogP contribution >= 0.6 is 11.3 Å². The van der Waals surface area contributed by atoms with E-state index in [1.807, 2.05) is 24.3 Å². The Hall–Kier alpha value is -2.65. The second kappa shape index (κ2) is 9.52. The summed E-state index contributed by atoms with van der Waals surface area (Å²) in [6, 6.07) is 7.46. The Bertz CT molecular complexity index is 820. The first kappa shape index (κ1) is 20.1. The molecular formula is C19H24N4O4S. The van der Waals surface area contributed by atoms with Gasteiger partial charge in [-0.1, -0.05) is 12.1 Å². The molecule has 28 heavy (non-hydrogen) atoms. The Morgan fingerprint density at radius 3 is 2.96 bits per heavy atom. The number of amides is 2. The summed E-state index contributed by atoms with van der Waals surface area (Å²) in [5.74, 6) is 0.163. The number of aromatic nitrogens is 1. The Balaban J connectivity index is 1.53. The summed E-state index contributed by atoms with van der Waals surface area (Å²) in [6.45, 7) is 1.19. The van der Waals surface area contributed by atoms with Gasteiger partial charge in [-0.25, -0.2) is 4.98 Å². The molecule has 0 aliphatic carbocycles. The molecule has 3 rings (SSSR count). The van der Waals surface area contributed by atoms with Gasteiger partial charge in [0.1, 0.15) is 11.4 Å². The molecule has 150 valence electrons. The number of hydrogen-bond acceptors (Lipinski definition) is 7. The lowest BCUT2D eigenvalue weighted by Crippen LogP contribution is -2.41. The van der Waals surface area contributed by atoms with Crippen LogP contribution in [0.25, 0.3) is 0 Å². The van der Waals surface area contributed by atoms with Crippen molar-refractivity contribution in [1.29, 1.82) is 0 Å². The van der Waals surface area contributed by atoms with Crippen molar-refractivity contribution < 1.29 is 19.1 Å². The van der Waals surface area contributed by atoms with Crippen LogP contribution in [-0.2, 0) is 9.53 Å². The van der Waals surface area contributed by atoms with Crippen molar-refractivity contribution in [3.63, 3.8) is 0 Å². The predicted molar refractivity (Wildman–Crippen MR) is 107 cm³/mol. The van der Waals surface area contributed by atoms with Crippen molar-refractivity contribution in [2.45, 2.75) is 18.9 Å². The van der Waals surface area contributed by atoms with Crippen molar-refractivity contribution in [3.05, 3.63) is 35.3 Å². The molecule has 1 saturated heterocycles. The lowest BCUT2D eigenvalue weighted by Gasteiger charge is -2.16. The van der Waals surface area contributed by atoms with Gasteiger partial charge < -0.3 is 25.0 Å². The van der Waals surface area contributed by atoms with Gasteiger partial charge in [-0.3, -0.25) is 9.59 Å². The number of rotatable bonds is 8. The van der Waals surface area contributed by atoms with E-state index in [2.05, 4.69) is 15.6 Å². The lowest BCUT2D eigenvalue weighted by molar-refractivity contribution is -0.122. The van der Waals surface area contributed by atoms with E-state index in [4.69, 9.17) is 9.47 Å². The third-order valence-electron chi connectivity index (χ3n) is 4.35. The summed E-state index contributed by atoms with van der Waals surface area (Å²) in [5.41, 5.74) is 1.05. The minimum Gasteiger partial charge on any atom is -0.495 e. The van der Waals surface area contributed by atoms with E-state index >= 15 is 0 Å². The number of hydrogen-bond donors (Lipinski definition) is 2. The highest BCUT2D eigenvalue weighted by Gasteiger charge is 2.20. The van der Waals surface area contributed by atoms with Crippen LogP contribution in [0, 0.1) is 0 Å². The van der Waals surface area contributed by atoms with Gasteiger partial charge in [0.15, 0.2) is 5.13 Å². The van der Waals surface area contributed by atoms with Gasteiger partial charge in [0.05, 0.1) is 25.4 Å².